The molecule has 0 saturated heterocycles. The van der Waals surface area contributed by atoms with Gasteiger partial charge < -0.3 is 4.42 Å². The zero-order valence-corrected chi connectivity index (χ0v) is 17.4. The molecule has 0 aliphatic rings. The molecule has 0 saturated carbocycles. The van der Waals surface area contributed by atoms with Crippen LogP contribution in [0.15, 0.2) is 76.5 Å². The molecule has 0 aliphatic heterocycles. The summed E-state index contributed by atoms with van der Waals surface area (Å²) >= 11 is 7.12. The standard InChI is InChI=1S/C22H14ClN3O4S/c23-16-6-4-14(5-7-16)20-10-8-18(30-20)9-11-21(27)25-22-24-19(13-31-22)15-2-1-3-17(12-15)26(28)29/h1-13H,(H,24,25,27). The van der Waals surface area contributed by atoms with Gasteiger partial charge >= 0.3 is 0 Å². The van der Waals surface area contributed by atoms with Gasteiger partial charge in [-0.25, -0.2) is 4.98 Å². The normalized spacial score (nSPS) is 11.0. The van der Waals surface area contributed by atoms with E-state index < -0.39 is 4.92 Å². The van der Waals surface area contributed by atoms with Crippen molar-refractivity contribution in [1.82, 2.24) is 4.98 Å². The van der Waals surface area contributed by atoms with Crippen LogP contribution in [0.3, 0.4) is 0 Å². The summed E-state index contributed by atoms with van der Waals surface area (Å²) in [5, 5.41) is 16.4. The van der Waals surface area contributed by atoms with E-state index in [0.29, 0.717) is 32.9 Å². The van der Waals surface area contributed by atoms with Crippen LogP contribution in [0.25, 0.3) is 28.7 Å². The topological polar surface area (TPSA) is 98.3 Å². The summed E-state index contributed by atoms with van der Waals surface area (Å²) in [6, 6.07) is 17.0. The SMILES string of the molecule is O=C(C=Cc1ccc(-c2ccc(Cl)cc2)o1)Nc1nc(-c2cccc([N+](=O)[O-])c2)cs1. The number of aromatic nitrogens is 1. The second kappa shape index (κ2) is 8.95. The van der Waals surface area contributed by atoms with E-state index >= 15 is 0 Å². The average Bonchev–Trinajstić information content (AvgIpc) is 3.43. The van der Waals surface area contributed by atoms with Crippen LogP contribution in [0.1, 0.15) is 5.76 Å². The van der Waals surface area contributed by atoms with Gasteiger partial charge in [-0.05, 0) is 42.5 Å². The Balaban J connectivity index is 1.40. The van der Waals surface area contributed by atoms with Crippen molar-refractivity contribution in [3.8, 4) is 22.6 Å². The summed E-state index contributed by atoms with van der Waals surface area (Å²) in [6.07, 6.45) is 2.91. The molecule has 0 aliphatic carbocycles. The van der Waals surface area contributed by atoms with Gasteiger partial charge in [0.15, 0.2) is 5.13 Å². The van der Waals surface area contributed by atoms with Crippen LogP contribution >= 0.6 is 22.9 Å². The van der Waals surface area contributed by atoms with E-state index in [1.54, 1.807) is 41.8 Å². The fourth-order valence-corrected chi connectivity index (χ4v) is 3.61. The van der Waals surface area contributed by atoms with Crippen molar-refractivity contribution in [3.63, 3.8) is 0 Å². The molecular formula is C22H14ClN3O4S. The summed E-state index contributed by atoms with van der Waals surface area (Å²) in [7, 11) is 0. The number of hydrogen-bond donors (Lipinski definition) is 1. The van der Waals surface area contributed by atoms with Crippen LogP contribution in [0.2, 0.25) is 5.02 Å². The molecule has 0 unspecified atom stereocenters. The smallest absolute Gasteiger partial charge is 0.270 e. The molecule has 2 heterocycles. The molecule has 31 heavy (non-hydrogen) atoms. The van der Waals surface area contributed by atoms with Crippen LogP contribution < -0.4 is 5.32 Å². The molecule has 4 aromatic rings. The van der Waals surface area contributed by atoms with Crippen molar-refractivity contribution < 1.29 is 14.1 Å². The minimum absolute atomic E-state index is 0.0181. The molecular weight excluding hydrogens is 438 g/mol. The summed E-state index contributed by atoms with van der Waals surface area (Å²) in [5.74, 6) is 0.819. The lowest BCUT2D eigenvalue weighted by molar-refractivity contribution is -0.384. The number of anilines is 1. The van der Waals surface area contributed by atoms with Gasteiger partial charge in [0.05, 0.1) is 10.6 Å². The number of carbonyl (C=O) groups excluding carboxylic acids is 1. The van der Waals surface area contributed by atoms with Crippen molar-refractivity contribution in [2.24, 2.45) is 0 Å². The molecule has 0 spiro atoms. The van der Waals surface area contributed by atoms with E-state index in [1.807, 2.05) is 18.2 Å². The first-order chi connectivity index (χ1) is 15.0. The van der Waals surface area contributed by atoms with Gasteiger partial charge in [-0.15, -0.1) is 11.3 Å². The maximum absolute atomic E-state index is 12.2. The molecule has 154 valence electrons. The Hall–Kier alpha value is -3.75. The predicted octanol–water partition coefficient (Wildman–Crippen LogP) is 6.28. The highest BCUT2D eigenvalue weighted by Gasteiger charge is 2.11. The molecule has 0 atom stereocenters. The number of nitro groups is 1. The molecule has 4 rings (SSSR count). The number of thiazole rings is 1. The van der Waals surface area contributed by atoms with Gasteiger partial charge in [0.1, 0.15) is 11.5 Å². The van der Waals surface area contributed by atoms with Gasteiger partial charge in [0.2, 0.25) is 5.91 Å². The Bertz CT molecular complexity index is 1280. The van der Waals surface area contributed by atoms with Gasteiger partial charge in [0.25, 0.3) is 5.69 Å². The van der Waals surface area contributed by atoms with E-state index in [4.69, 9.17) is 16.0 Å². The van der Waals surface area contributed by atoms with E-state index in [0.717, 1.165) is 5.56 Å². The molecule has 2 aromatic heterocycles. The Labute approximate surface area is 185 Å². The third kappa shape index (κ3) is 5.06. The monoisotopic (exact) mass is 451 g/mol. The molecule has 9 heteroatoms. The van der Waals surface area contributed by atoms with Crippen LogP contribution in [-0.4, -0.2) is 15.8 Å². The highest BCUT2D eigenvalue weighted by Crippen LogP contribution is 2.28. The Morgan fingerprint density at radius 1 is 1.13 bits per heavy atom. The number of halogens is 1. The average molecular weight is 452 g/mol. The summed E-state index contributed by atoms with van der Waals surface area (Å²) in [4.78, 5) is 27.0. The summed E-state index contributed by atoms with van der Waals surface area (Å²) in [5.41, 5.74) is 2.01. The van der Waals surface area contributed by atoms with Gasteiger partial charge in [-0.3, -0.25) is 20.2 Å². The van der Waals surface area contributed by atoms with Gasteiger partial charge in [-0.1, -0.05) is 23.7 Å². The lowest BCUT2D eigenvalue weighted by Crippen LogP contribution is -2.07. The highest BCUT2D eigenvalue weighted by molar-refractivity contribution is 7.14. The first-order valence-corrected chi connectivity index (χ1v) is 10.3. The van der Waals surface area contributed by atoms with Crippen molar-refractivity contribution in [2.75, 3.05) is 5.32 Å². The number of rotatable bonds is 6. The minimum atomic E-state index is -0.462. The number of nitrogens with zero attached hydrogens (tertiary/aromatic N) is 2. The number of furan rings is 1. The van der Waals surface area contributed by atoms with E-state index in [2.05, 4.69) is 10.3 Å². The van der Waals surface area contributed by atoms with E-state index in [-0.39, 0.29) is 11.6 Å². The number of nitrogens with one attached hydrogen (secondary N) is 1. The highest BCUT2D eigenvalue weighted by atomic mass is 35.5. The lowest BCUT2D eigenvalue weighted by atomic mass is 10.1. The summed E-state index contributed by atoms with van der Waals surface area (Å²) < 4.78 is 5.72. The lowest BCUT2D eigenvalue weighted by Gasteiger charge is -1.98. The van der Waals surface area contributed by atoms with Crippen molar-refractivity contribution in [1.29, 1.82) is 0 Å². The van der Waals surface area contributed by atoms with Crippen molar-refractivity contribution in [3.05, 3.63) is 93.0 Å². The first-order valence-electron chi connectivity index (χ1n) is 9.03. The molecule has 0 bridgehead atoms. The third-order valence-corrected chi connectivity index (χ3v) is 5.25. The molecule has 0 radical (unpaired) electrons. The maximum atomic E-state index is 12.2. The van der Waals surface area contributed by atoms with Gasteiger partial charge in [-0.2, -0.15) is 0 Å². The molecule has 1 amide bonds. The Morgan fingerprint density at radius 3 is 2.71 bits per heavy atom. The molecule has 7 nitrogen and oxygen atoms in total. The van der Waals surface area contributed by atoms with Crippen LogP contribution in [0.4, 0.5) is 10.8 Å². The predicted molar refractivity (Wildman–Crippen MR) is 121 cm³/mol. The second-order valence-corrected chi connectivity index (χ2v) is 7.67. The van der Waals surface area contributed by atoms with Crippen LogP contribution in [0, 0.1) is 10.1 Å². The van der Waals surface area contributed by atoms with Crippen LogP contribution in [-0.2, 0) is 4.79 Å². The number of hydrogen-bond acceptors (Lipinski definition) is 6. The molecule has 1 N–H and O–H groups in total. The number of non-ortho nitro benzene ring substituents is 1. The number of amides is 1. The maximum Gasteiger partial charge on any atom is 0.270 e. The van der Waals surface area contributed by atoms with Crippen molar-refractivity contribution in [2.45, 2.75) is 0 Å². The fraction of sp³-hybridized carbons (Fsp3) is 0. The molecule has 0 fully saturated rings. The quantitative estimate of drug-likeness (QED) is 0.211. The fourth-order valence-electron chi connectivity index (χ4n) is 2.76. The first kappa shape index (κ1) is 20.5. The minimum Gasteiger partial charge on any atom is -0.457 e. The number of carbonyl (C=O) groups is 1. The Kier molecular flexibility index (Phi) is 5.92. The van der Waals surface area contributed by atoms with E-state index in [1.165, 1.54) is 29.5 Å². The zero-order chi connectivity index (χ0) is 21.8. The third-order valence-electron chi connectivity index (χ3n) is 4.24. The Morgan fingerprint density at radius 2 is 1.94 bits per heavy atom. The number of nitro benzene ring substituents is 1. The second-order valence-electron chi connectivity index (χ2n) is 6.38. The van der Waals surface area contributed by atoms with E-state index in [9.17, 15) is 14.9 Å². The zero-order valence-electron chi connectivity index (χ0n) is 15.8. The molecule has 2 aromatic carbocycles. The van der Waals surface area contributed by atoms with Crippen molar-refractivity contribution >= 4 is 45.7 Å². The number of benzene rings is 2. The van der Waals surface area contributed by atoms with Crippen LogP contribution in [0.5, 0.6) is 0 Å². The largest absolute Gasteiger partial charge is 0.457 e. The summed E-state index contributed by atoms with van der Waals surface area (Å²) in [6.45, 7) is 0. The van der Waals surface area contributed by atoms with Gasteiger partial charge in [0, 0.05) is 39.7 Å².